The Kier molecular flexibility index (Phi) is 6.69. The van der Waals surface area contributed by atoms with Crippen LogP contribution in [0.5, 0.6) is 5.75 Å². The van der Waals surface area contributed by atoms with Crippen LogP contribution in [0.15, 0.2) is 30.7 Å². The van der Waals surface area contributed by atoms with Crippen LogP contribution in [0.25, 0.3) is 21.5 Å². The van der Waals surface area contributed by atoms with Gasteiger partial charge in [0.2, 0.25) is 0 Å². The minimum Gasteiger partial charge on any atom is -0.494 e. The highest BCUT2D eigenvalue weighted by atomic mass is 35.5. The van der Waals surface area contributed by atoms with E-state index >= 15 is 4.39 Å². The zero-order valence-electron chi connectivity index (χ0n) is 19.5. The molecular weight excluding hydrogens is 507 g/mol. The van der Waals surface area contributed by atoms with Crippen LogP contribution >= 0.6 is 22.9 Å². The third-order valence-electron chi connectivity index (χ3n) is 6.00. The van der Waals surface area contributed by atoms with Gasteiger partial charge in [0.25, 0.3) is 5.91 Å². The molecule has 4 aromatic heterocycles. The van der Waals surface area contributed by atoms with Crippen molar-refractivity contribution in [2.45, 2.75) is 25.9 Å². The van der Waals surface area contributed by atoms with Gasteiger partial charge >= 0.3 is 0 Å². The lowest BCUT2D eigenvalue weighted by Crippen LogP contribution is -2.35. The summed E-state index contributed by atoms with van der Waals surface area (Å²) in [6.45, 7) is 3.23. The highest BCUT2D eigenvalue weighted by Crippen LogP contribution is 2.37. The molecule has 1 aliphatic heterocycles. The predicted molar refractivity (Wildman–Crippen MR) is 137 cm³/mol. The third-order valence-corrected chi connectivity index (χ3v) is 7.17. The number of aliphatic hydroxyl groups excluding tert-OH is 1. The Labute approximate surface area is 215 Å². The van der Waals surface area contributed by atoms with Crippen LogP contribution in [0.1, 0.15) is 28.9 Å². The number of fused-ring (bicyclic) bond motifs is 1. The van der Waals surface area contributed by atoms with E-state index in [1.807, 2.05) is 6.07 Å². The van der Waals surface area contributed by atoms with Crippen molar-refractivity contribution < 1.29 is 19.0 Å². The van der Waals surface area contributed by atoms with Crippen molar-refractivity contribution in [2.75, 3.05) is 30.4 Å². The number of nitrogens with zero attached hydrogens (tertiary/aromatic N) is 5. The SMILES string of the molecule is COc1cnc(Cl)c(F)c1-c1cc(C)ncc1C(=O)Nc1nc2ncc(N3CCC(O)CC3)cc2s1. The summed E-state index contributed by atoms with van der Waals surface area (Å²) in [5, 5.41) is 12.6. The Morgan fingerprint density at radius 3 is 2.75 bits per heavy atom. The molecule has 1 aliphatic rings. The van der Waals surface area contributed by atoms with Crippen molar-refractivity contribution in [3.63, 3.8) is 0 Å². The van der Waals surface area contributed by atoms with Gasteiger partial charge in [-0.3, -0.25) is 15.1 Å². The first-order chi connectivity index (χ1) is 17.3. The molecule has 4 aromatic rings. The smallest absolute Gasteiger partial charge is 0.259 e. The fraction of sp³-hybridized carbons (Fsp3) is 0.292. The van der Waals surface area contributed by atoms with Gasteiger partial charge in [0.15, 0.2) is 21.7 Å². The predicted octanol–water partition coefficient (Wildman–Crippen LogP) is 4.47. The van der Waals surface area contributed by atoms with E-state index in [0.717, 1.165) is 23.5 Å². The van der Waals surface area contributed by atoms with Crippen molar-refractivity contribution in [2.24, 2.45) is 0 Å². The van der Waals surface area contributed by atoms with Crippen LogP contribution in [0, 0.1) is 12.7 Å². The number of pyridine rings is 3. The van der Waals surface area contributed by atoms with Gasteiger partial charge in [0.05, 0.1) is 47.1 Å². The van der Waals surface area contributed by atoms with E-state index in [4.69, 9.17) is 16.3 Å². The van der Waals surface area contributed by atoms with E-state index in [9.17, 15) is 9.90 Å². The number of amides is 1. The number of halogens is 2. The largest absolute Gasteiger partial charge is 0.494 e. The van der Waals surface area contributed by atoms with Crippen molar-refractivity contribution >= 4 is 50.0 Å². The molecule has 5 heterocycles. The summed E-state index contributed by atoms with van der Waals surface area (Å²) in [7, 11) is 1.38. The van der Waals surface area contributed by atoms with Crippen molar-refractivity contribution in [1.82, 2.24) is 19.9 Å². The standard InChI is InChI=1S/C24H22ClFN6O3S/c1-12-7-15(19-17(35-2)11-28-21(25)20(19)26)16(10-27-12)23(34)31-24-30-22-18(36-24)8-13(9-29-22)32-5-3-14(33)4-6-32/h7-11,14,33H,3-6H2,1-2H3,(H,29,30,31,34). The first-order valence-electron chi connectivity index (χ1n) is 11.2. The Balaban J connectivity index is 1.46. The molecule has 1 amide bonds. The van der Waals surface area contributed by atoms with Crippen LogP contribution in [0.2, 0.25) is 5.15 Å². The number of aryl methyl sites for hydroxylation is 1. The quantitative estimate of drug-likeness (QED) is 0.365. The molecule has 0 atom stereocenters. The van der Waals surface area contributed by atoms with Gasteiger partial charge in [-0.25, -0.2) is 14.4 Å². The number of hydrogen-bond acceptors (Lipinski definition) is 9. The summed E-state index contributed by atoms with van der Waals surface area (Å²) in [6.07, 6.45) is 5.59. The molecule has 186 valence electrons. The average molecular weight is 529 g/mol. The molecule has 5 rings (SSSR count). The lowest BCUT2D eigenvalue weighted by Gasteiger charge is -2.31. The maximum Gasteiger partial charge on any atom is 0.259 e. The van der Waals surface area contributed by atoms with Gasteiger partial charge < -0.3 is 14.7 Å². The minimum absolute atomic E-state index is 0.0235. The van der Waals surface area contributed by atoms with E-state index in [1.165, 1.54) is 30.8 Å². The lowest BCUT2D eigenvalue weighted by molar-refractivity contribution is 0.102. The van der Waals surface area contributed by atoms with Crippen LogP contribution in [-0.2, 0) is 0 Å². The number of anilines is 2. The number of aliphatic hydroxyl groups is 1. The number of rotatable bonds is 5. The zero-order valence-corrected chi connectivity index (χ0v) is 21.0. The van der Waals surface area contributed by atoms with Crippen LogP contribution in [0.4, 0.5) is 15.2 Å². The maximum absolute atomic E-state index is 15.0. The lowest BCUT2D eigenvalue weighted by atomic mass is 10.00. The Bertz CT molecular complexity index is 1460. The number of hydrogen-bond donors (Lipinski definition) is 2. The van der Waals surface area contributed by atoms with E-state index in [0.29, 0.717) is 29.3 Å². The molecule has 2 N–H and O–H groups in total. The first kappa shape index (κ1) is 24.3. The number of methoxy groups -OCH3 is 1. The van der Waals surface area contributed by atoms with Crippen LogP contribution in [-0.4, -0.2) is 57.3 Å². The molecule has 36 heavy (non-hydrogen) atoms. The average Bonchev–Trinajstić information content (AvgIpc) is 3.27. The number of piperidine rings is 1. The molecule has 0 saturated carbocycles. The van der Waals surface area contributed by atoms with Gasteiger partial charge in [-0.1, -0.05) is 22.9 Å². The summed E-state index contributed by atoms with van der Waals surface area (Å²) < 4.78 is 21.1. The molecule has 0 radical (unpaired) electrons. The van der Waals surface area contributed by atoms with Gasteiger partial charge in [0.1, 0.15) is 5.75 Å². The second kappa shape index (κ2) is 9.92. The number of nitrogens with one attached hydrogen (secondary N) is 1. The molecule has 9 nitrogen and oxygen atoms in total. The van der Waals surface area contributed by atoms with Gasteiger partial charge in [-0.2, -0.15) is 4.98 Å². The molecule has 1 fully saturated rings. The molecule has 0 aliphatic carbocycles. The highest BCUT2D eigenvalue weighted by Gasteiger charge is 2.24. The van der Waals surface area contributed by atoms with E-state index in [2.05, 4.69) is 30.2 Å². The second-order valence-electron chi connectivity index (χ2n) is 8.38. The Morgan fingerprint density at radius 1 is 1.22 bits per heavy atom. The van der Waals surface area contributed by atoms with Crippen molar-refractivity contribution in [3.8, 4) is 16.9 Å². The minimum atomic E-state index is -0.794. The fourth-order valence-electron chi connectivity index (χ4n) is 4.13. The van der Waals surface area contributed by atoms with Crippen molar-refractivity contribution in [3.05, 3.63) is 53.0 Å². The summed E-state index contributed by atoms with van der Waals surface area (Å²) >= 11 is 7.21. The second-order valence-corrected chi connectivity index (χ2v) is 9.77. The number of ether oxygens (including phenoxy) is 1. The fourth-order valence-corrected chi connectivity index (χ4v) is 5.12. The third kappa shape index (κ3) is 4.69. The van der Waals surface area contributed by atoms with Gasteiger partial charge in [-0.05, 0) is 31.9 Å². The highest BCUT2D eigenvalue weighted by molar-refractivity contribution is 7.22. The maximum atomic E-state index is 15.0. The molecule has 0 spiro atoms. The number of thiazole rings is 1. The monoisotopic (exact) mass is 528 g/mol. The van der Waals surface area contributed by atoms with E-state index < -0.39 is 11.7 Å². The Morgan fingerprint density at radius 2 is 2.00 bits per heavy atom. The molecule has 0 unspecified atom stereocenters. The van der Waals surface area contributed by atoms with Crippen LogP contribution < -0.4 is 15.0 Å². The molecule has 1 saturated heterocycles. The van der Waals surface area contributed by atoms with Gasteiger partial charge in [0, 0.05) is 30.5 Å². The topological polar surface area (TPSA) is 113 Å². The number of carbonyl (C=O) groups is 1. The number of carbonyl (C=O) groups excluding carboxylic acids is 1. The molecule has 12 heteroatoms. The first-order valence-corrected chi connectivity index (χ1v) is 12.4. The normalized spacial score (nSPS) is 14.3. The van der Waals surface area contributed by atoms with Gasteiger partial charge in [-0.15, -0.1) is 0 Å². The molecular formula is C24H22ClFN6O3S. The summed E-state index contributed by atoms with van der Waals surface area (Å²) in [6, 6.07) is 3.57. The molecule has 0 bridgehead atoms. The van der Waals surface area contributed by atoms with E-state index in [-0.39, 0.29) is 33.7 Å². The number of aromatic nitrogens is 4. The van der Waals surface area contributed by atoms with Crippen LogP contribution in [0.3, 0.4) is 0 Å². The molecule has 0 aromatic carbocycles. The summed E-state index contributed by atoms with van der Waals surface area (Å²) in [4.78, 5) is 32.3. The summed E-state index contributed by atoms with van der Waals surface area (Å²) in [5.41, 5.74) is 2.45. The Hall–Kier alpha value is -3.41. The summed E-state index contributed by atoms with van der Waals surface area (Å²) in [5.74, 6) is -1.17. The zero-order chi connectivity index (χ0) is 25.4. The van der Waals surface area contributed by atoms with Crippen molar-refractivity contribution in [1.29, 1.82) is 0 Å². The van der Waals surface area contributed by atoms with E-state index in [1.54, 1.807) is 19.2 Å².